The van der Waals surface area contributed by atoms with Crippen molar-refractivity contribution in [3.63, 3.8) is 0 Å². The Kier molecular flexibility index (Phi) is 7.05. The molecule has 0 fully saturated rings. The van der Waals surface area contributed by atoms with Crippen molar-refractivity contribution in [1.82, 2.24) is 9.78 Å². The molecule has 0 radical (unpaired) electrons. The van der Waals surface area contributed by atoms with E-state index in [0.717, 1.165) is 47.0 Å². The lowest BCUT2D eigenvalue weighted by Crippen LogP contribution is -2.22. The molecule has 35 heavy (non-hydrogen) atoms. The fraction of sp³-hybridized carbons (Fsp3) is 0.192. The summed E-state index contributed by atoms with van der Waals surface area (Å²) in [5.41, 5.74) is 7.45. The van der Waals surface area contributed by atoms with Crippen LogP contribution in [0.3, 0.4) is 0 Å². The highest BCUT2D eigenvalue weighted by Crippen LogP contribution is 2.27. The van der Waals surface area contributed by atoms with Crippen molar-refractivity contribution in [3.8, 4) is 5.69 Å². The fourth-order valence-electron chi connectivity index (χ4n) is 3.89. The lowest BCUT2D eigenvalue weighted by atomic mass is 10.0. The zero-order valence-electron chi connectivity index (χ0n) is 19.1. The lowest BCUT2D eigenvalue weighted by molar-refractivity contribution is -0.117. The third-order valence-electron chi connectivity index (χ3n) is 5.51. The molecule has 7 nitrogen and oxygen atoms in total. The van der Waals surface area contributed by atoms with Crippen LogP contribution in [-0.4, -0.2) is 21.7 Å². The third-order valence-corrected chi connectivity index (χ3v) is 5.51. The first-order valence-electron chi connectivity index (χ1n) is 11.3. The van der Waals surface area contributed by atoms with Gasteiger partial charge in [0.25, 0.3) is 0 Å². The maximum atomic E-state index is 14.0. The number of aryl methyl sites for hydroxylation is 1. The van der Waals surface area contributed by atoms with E-state index >= 15 is 0 Å². The molecule has 0 saturated heterocycles. The molecule has 4 aromatic rings. The topological polar surface area (TPSA) is 102 Å². The van der Waals surface area contributed by atoms with Crippen molar-refractivity contribution in [2.45, 2.75) is 32.6 Å². The predicted octanol–water partition coefficient (Wildman–Crippen LogP) is 5.32. The van der Waals surface area contributed by atoms with Gasteiger partial charge in [-0.1, -0.05) is 37.6 Å². The molecular weight excluding hydrogens is 452 g/mol. The van der Waals surface area contributed by atoms with Crippen LogP contribution in [0.4, 0.5) is 25.1 Å². The number of amides is 3. The van der Waals surface area contributed by atoms with Gasteiger partial charge in [-0.15, -0.1) is 0 Å². The number of carbonyl (C=O) groups excluding carboxylic acids is 2. The van der Waals surface area contributed by atoms with Crippen LogP contribution < -0.4 is 16.4 Å². The second-order valence-corrected chi connectivity index (χ2v) is 8.21. The van der Waals surface area contributed by atoms with Gasteiger partial charge in [0.15, 0.2) is 0 Å². The van der Waals surface area contributed by atoms with Crippen LogP contribution in [0.1, 0.15) is 31.0 Å². The highest BCUT2D eigenvalue weighted by Gasteiger charge is 2.16. The number of urea groups is 1. The van der Waals surface area contributed by atoms with Crippen molar-refractivity contribution in [2.24, 2.45) is 5.73 Å². The number of nitrogens with one attached hydrogen (secondary N) is 2. The zero-order valence-corrected chi connectivity index (χ0v) is 19.1. The number of hydrogen-bond donors (Lipinski definition) is 3. The Bertz CT molecular complexity index is 1400. The normalized spacial score (nSPS) is 10.9. The molecule has 9 heteroatoms. The van der Waals surface area contributed by atoms with E-state index in [-0.39, 0.29) is 12.1 Å². The molecular formula is C26H25F2N5O2. The molecule has 0 aliphatic carbocycles. The van der Waals surface area contributed by atoms with Gasteiger partial charge in [0.05, 0.1) is 23.5 Å². The summed E-state index contributed by atoms with van der Waals surface area (Å²) in [7, 11) is 0. The second kappa shape index (κ2) is 10.3. The van der Waals surface area contributed by atoms with Gasteiger partial charge in [-0.2, -0.15) is 5.10 Å². The zero-order chi connectivity index (χ0) is 24.9. The molecule has 4 rings (SSSR count). The Labute approximate surface area is 200 Å². The number of rotatable bonds is 8. The van der Waals surface area contributed by atoms with Gasteiger partial charge >= 0.3 is 6.03 Å². The number of anilines is 2. The van der Waals surface area contributed by atoms with Crippen LogP contribution in [0.25, 0.3) is 16.5 Å². The Hall–Kier alpha value is -4.27. The van der Waals surface area contributed by atoms with Crippen molar-refractivity contribution in [1.29, 1.82) is 0 Å². The van der Waals surface area contributed by atoms with Gasteiger partial charge in [-0.25, -0.2) is 18.3 Å². The maximum Gasteiger partial charge on any atom is 0.324 e. The Morgan fingerprint density at radius 1 is 1.03 bits per heavy atom. The molecule has 0 aliphatic heterocycles. The standard InChI is InChI=1S/C26H25F2N5O2/c1-2-3-7-19-15-25(31-26(35)30-23-10-9-18(27)14-22(23)28)33(32-19)20-11-16-6-4-5-8-21(16)17(12-20)13-24(29)34/h4-6,8-12,14-15H,2-3,7,13H2,1H3,(H2,29,34)(H2,30,31,35). The molecule has 4 N–H and O–H groups in total. The molecule has 180 valence electrons. The Morgan fingerprint density at radius 3 is 2.57 bits per heavy atom. The number of unbranched alkanes of at least 4 members (excludes halogenated alkanes) is 1. The van der Waals surface area contributed by atoms with Crippen LogP contribution >= 0.6 is 0 Å². The fourth-order valence-corrected chi connectivity index (χ4v) is 3.89. The summed E-state index contributed by atoms with van der Waals surface area (Å²) in [6, 6.07) is 15.3. The second-order valence-electron chi connectivity index (χ2n) is 8.21. The molecule has 1 heterocycles. The molecule has 0 unspecified atom stereocenters. The molecule has 0 bridgehead atoms. The largest absolute Gasteiger partial charge is 0.369 e. The van der Waals surface area contributed by atoms with Crippen molar-refractivity contribution in [3.05, 3.63) is 83.6 Å². The van der Waals surface area contributed by atoms with E-state index in [4.69, 9.17) is 5.73 Å². The van der Waals surface area contributed by atoms with Crippen LogP contribution in [0.15, 0.2) is 60.7 Å². The minimum atomic E-state index is -0.886. The number of nitrogens with zero attached hydrogens (tertiary/aromatic N) is 2. The first-order valence-corrected chi connectivity index (χ1v) is 11.3. The number of carbonyl (C=O) groups is 2. The van der Waals surface area contributed by atoms with Gasteiger partial charge in [0.2, 0.25) is 5.91 Å². The van der Waals surface area contributed by atoms with E-state index in [1.807, 2.05) is 36.4 Å². The average molecular weight is 478 g/mol. The highest BCUT2D eigenvalue weighted by molar-refractivity contribution is 5.99. The van der Waals surface area contributed by atoms with E-state index < -0.39 is 23.6 Å². The van der Waals surface area contributed by atoms with Gasteiger partial charge in [0.1, 0.15) is 17.5 Å². The van der Waals surface area contributed by atoms with Crippen LogP contribution in [-0.2, 0) is 17.6 Å². The molecule has 0 atom stereocenters. The Balaban J connectivity index is 1.71. The summed E-state index contributed by atoms with van der Waals surface area (Å²) in [6.45, 7) is 2.07. The number of nitrogens with two attached hydrogens (primary N) is 1. The first kappa shape index (κ1) is 23.9. The molecule has 0 saturated carbocycles. The molecule has 3 amide bonds. The molecule has 0 spiro atoms. The summed E-state index contributed by atoms with van der Waals surface area (Å²) in [6.07, 6.45) is 2.63. The monoisotopic (exact) mass is 477 g/mol. The van der Waals surface area contributed by atoms with Crippen molar-refractivity contribution >= 4 is 34.2 Å². The number of primary amides is 1. The smallest absolute Gasteiger partial charge is 0.324 e. The van der Waals surface area contributed by atoms with E-state index in [9.17, 15) is 18.4 Å². The van der Waals surface area contributed by atoms with Crippen LogP contribution in [0, 0.1) is 11.6 Å². The number of benzene rings is 3. The number of halogens is 2. The summed E-state index contributed by atoms with van der Waals surface area (Å²) >= 11 is 0. The third kappa shape index (κ3) is 5.63. The average Bonchev–Trinajstić information content (AvgIpc) is 3.21. The summed E-state index contributed by atoms with van der Waals surface area (Å²) < 4.78 is 28.8. The predicted molar refractivity (Wildman–Crippen MR) is 132 cm³/mol. The summed E-state index contributed by atoms with van der Waals surface area (Å²) in [5.74, 6) is -1.73. The number of aromatic nitrogens is 2. The van der Waals surface area contributed by atoms with E-state index in [1.54, 1.807) is 10.7 Å². The van der Waals surface area contributed by atoms with E-state index in [1.165, 1.54) is 0 Å². The van der Waals surface area contributed by atoms with E-state index in [0.29, 0.717) is 24.0 Å². The van der Waals surface area contributed by atoms with Gasteiger partial charge in [-0.05, 0) is 53.4 Å². The van der Waals surface area contributed by atoms with Crippen LogP contribution in [0.5, 0.6) is 0 Å². The molecule has 0 aliphatic rings. The number of fused-ring (bicyclic) bond motifs is 1. The SMILES string of the molecule is CCCCc1cc(NC(=O)Nc2ccc(F)cc2F)n(-c2cc(CC(N)=O)c3ccccc3c2)n1. The number of hydrogen-bond acceptors (Lipinski definition) is 3. The van der Waals surface area contributed by atoms with Crippen molar-refractivity contribution in [2.75, 3.05) is 10.6 Å². The summed E-state index contributed by atoms with van der Waals surface area (Å²) in [4.78, 5) is 24.4. The van der Waals surface area contributed by atoms with Crippen LogP contribution in [0.2, 0.25) is 0 Å². The summed E-state index contributed by atoms with van der Waals surface area (Å²) in [5, 5.41) is 11.5. The Morgan fingerprint density at radius 2 is 1.83 bits per heavy atom. The highest BCUT2D eigenvalue weighted by atomic mass is 19.1. The first-order chi connectivity index (χ1) is 16.8. The van der Waals surface area contributed by atoms with Gasteiger partial charge in [0, 0.05) is 12.1 Å². The minimum Gasteiger partial charge on any atom is -0.369 e. The van der Waals surface area contributed by atoms with Gasteiger partial charge < -0.3 is 11.1 Å². The van der Waals surface area contributed by atoms with Crippen molar-refractivity contribution < 1.29 is 18.4 Å². The quantitative estimate of drug-likeness (QED) is 0.320. The maximum absolute atomic E-state index is 14.0. The molecule has 1 aromatic heterocycles. The van der Waals surface area contributed by atoms with Gasteiger partial charge in [-0.3, -0.25) is 10.1 Å². The van der Waals surface area contributed by atoms with E-state index in [2.05, 4.69) is 22.7 Å². The lowest BCUT2D eigenvalue weighted by Gasteiger charge is -2.13. The molecule has 3 aromatic carbocycles. The minimum absolute atomic E-state index is 0.0470.